The first-order valence-corrected chi connectivity index (χ1v) is 6.28. The Labute approximate surface area is 111 Å². The van der Waals surface area contributed by atoms with Gasteiger partial charge >= 0.3 is 0 Å². The van der Waals surface area contributed by atoms with Crippen LogP contribution >= 0.6 is 0 Å². The molecule has 98 valence electrons. The molecule has 0 saturated carbocycles. The summed E-state index contributed by atoms with van der Waals surface area (Å²) in [6.07, 6.45) is 4.49. The minimum Gasteiger partial charge on any atom is -0.443 e. The van der Waals surface area contributed by atoms with E-state index in [9.17, 15) is 0 Å². The van der Waals surface area contributed by atoms with Crippen molar-refractivity contribution < 1.29 is 4.42 Å². The van der Waals surface area contributed by atoms with Crippen molar-refractivity contribution in [2.75, 3.05) is 13.6 Å². The standard InChI is InChI=1S/C14H16N4O/c1-15-6-5-11-8-18(2)17-14(11)10-3-4-12-13(7-10)19-9-16-12/h3-4,7-9,15H,5-6H2,1-2H3. The zero-order valence-electron chi connectivity index (χ0n) is 11.1. The van der Waals surface area contributed by atoms with Crippen molar-refractivity contribution in [3.63, 3.8) is 0 Å². The average molecular weight is 256 g/mol. The van der Waals surface area contributed by atoms with Crippen LogP contribution in [-0.4, -0.2) is 28.4 Å². The van der Waals surface area contributed by atoms with Crippen LogP contribution in [0.2, 0.25) is 0 Å². The molecule has 5 heteroatoms. The average Bonchev–Trinajstić information content (AvgIpc) is 3.01. The lowest BCUT2D eigenvalue weighted by atomic mass is 10.1. The van der Waals surface area contributed by atoms with E-state index in [0.29, 0.717) is 0 Å². The van der Waals surface area contributed by atoms with Gasteiger partial charge in [0.15, 0.2) is 12.0 Å². The highest BCUT2D eigenvalue weighted by Gasteiger charge is 2.11. The molecule has 0 aliphatic carbocycles. The quantitative estimate of drug-likeness (QED) is 0.775. The van der Waals surface area contributed by atoms with Crippen LogP contribution in [0.4, 0.5) is 0 Å². The highest BCUT2D eigenvalue weighted by atomic mass is 16.3. The summed E-state index contributed by atoms with van der Waals surface area (Å²) in [7, 11) is 3.90. The Morgan fingerprint density at radius 2 is 2.26 bits per heavy atom. The van der Waals surface area contributed by atoms with Gasteiger partial charge in [-0.15, -0.1) is 0 Å². The maximum atomic E-state index is 5.35. The number of oxazole rings is 1. The minimum atomic E-state index is 0.794. The van der Waals surface area contributed by atoms with Crippen molar-refractivity contribution in [1.29, 1.82) is 0 Å². The van der Waals surface area contributed by atoms with E-state index in [-0.39, 0.29) is 0 Å². The molecule has 0 aliphatic heterocycles. The maximum absolute atomic E-state index is 5.35. The second-order valence-electron chi connectivity index (χ2n) is 4.57. The number of aryl methyl sites for hydroxylation is 1. The molecule has 0 unspecified atom stereocenters. The van der Waals surface area contributed by atoms with Crippen LogP contribution in [0.25, 0.3) is 22.4 Å². The summed E-state index contributed by atoms with van der Waals surface area (Å²) < 4.78 is 7.20. The monoisotopic (exact) mass is 256 g/mol. The highest BCUT2D eigenvalue weighted by molar-refractivity contribution is 5.79. The summed E-state index contributed by atoms with van der Waals surface area (Å²) in [4.78, 5) is 4.13. The van der Waals surface area contributed by atoms with E-state index in [1.54, 1.807) is 0 Å². The lowest BCUT2D eigenvalue weighted by Crippen LogP contribution is -2.10. The molecule has 19 heavy (non-hydrogen) atoms. The van der Waals surface area contributed by atoms with Gasteiger partial charge in [-0.3, -0.25) is 4.68 Å². The van der Waals surface area contributed by atoms with Crippen molar-refractivity contribution in [2.24, 2.45) is 7.05 Å². The third-order valence-corrected chi connectivity index (χ3v) is 3.15. The van der Waals surface area contributed by atoms with Crippen LogP contribution in [0.1, 0.15) is 5.56 Å². The maximum Gasteiger partial charge on any atom is 0.181 e. The van der Waals surface area contributed by atoms with E-state index in [0.717, 1.165) is 35.3 Å². The van der Waals surface area contributed by atoms with Gasteiger partial charge in [0.05, 0.1) is 5.69 Å². The number of benzene rings is 1. The second-order valence-corrected chi connectivity index (χ2v) is 4.57. The van der Waals surface area contributed by atoms with E-state index >= 15 is 0 Å². The fraction of sp³-hybridized carbons (Fsp3) is 0.286. The molecule has 2 aromatic heterocycles. The lowest BCUT2D eigenvalue weighted by molar-refractivity contribution is 0.602. The topological polar surface area (TPSA) is 55.9 Å². The molecule has 0 amide bonds. The van der Waals surface area contributed by atoms with E-state index in [4.69, 9.17) is 4.42 Å². The molecule has 2 heterocycles. The molecule has 0 fully saturated rings. The zero-order valence-corrected chi connectivity index (χ0v) is 11.1. The minimum absolute atomic E-state index is 0.794. The summed E-state index contributed by atoms with van der Waals surface area (Å²) in [5, 5.41) is 7.72. The summed E-state index contributed by atoms with van der Waals surface area (Å²) in [5.41, 5.74) is 4.97. The first-order chi connectivity index (χ1) is 9.28. The Hall–Kier alpha value is -2.14. The van der Waals surface area contributed by atoms with Crippen molar-refractivity contribution in [1.82, 2.24) is 20.1 Å². The summed E-state index contributed by atoms with van der Waals surface area (Å²) >= 11 is 0. The van der Waals surface area contributed by atoms with Gasteiger partial charge in [0.2, 0.25) is 0 Å². The second kappa shape index (κ2) is 4.85. The Bertz CT molecular complexity index is 698. The van der Waals surface area contributed by atoms with Crippen LogP contribution in [0, 0.1) is 0 Å². The number of aromatic nitrogens is 3. The molecule has 1 aromatic carbocycles. The molecule has 1 N–H and O–H groups in total. The van der Waals surface area contributed by atoms with Crippen LogP contribution in [-0.2, 0) is 13.5 Å². The normalized spacial score (nSPS) is 11.3. The number of likely N-dealkylation sites (N-methyl/N-ethyl adjacent to an activating group) is 1. The summed E-state index contributed by atoms with van der Waals surface area (Å²) in [6.45, 7) is 0.934. The Morgan fingerprint density at radius 1 is 1.37 bits per heavy atom. The van der Waals surface area contributed by atoms with Gasteiger partial charge in [-0.05, 0) is 37.7 Å². The van der Waals surface area contributed by atoms with Crippen LogP contribution in [0.15, 0.2) is 35.2 Å². The van der Waals surface area contributed by atoms with Crippen molar-refractivity contribution >= 4 is 11.1 Å². The first-order valence-electron chi connectivity index (χ1n) is 6.28. The van der Waals surface area contributed by atoms with E-state index in [1.165, 1.54) is 12.0 Å². The Kier molecular flexibility index (Phi) is 3.05. The van der Waals surface area contributed by atoms with Crippen molar-refractivity contribution in [2.45, 2.75) is 6.42 Å². The third-order valence-electron chi connectivity index (χ3n) is 3.15. The van der Waals surface area contributed by atoms with Crippen LogP contribution in [0.5, 0.6) is 0 Å². The number of rotatable bonds is 4. The van der Waals surface area contributed by atoms with Crippen LogP contribution in [0.3, 0.4) is 0 Å². The van der Waals surface area contributed by atoms with Gasteiger partial charge in [0, 0.05) is 18.8 Å². The lowest BCUT2D eigenvalue weighted by Gasteiger charge is -2.02. The molecule has 3 aromatic rings. The molecule has 0 spiro atoms. The van der Waals surface area contributed by atoms with Gasteiger partial charge in [-0.1, -0.05) is 6.07 Å². The molecule has 5 nitrogen and oxygen atoms in total. The van der Waals surface area contributed by atoms with E-state index in [2.05, 4.69) is 21.6 Å². The fourth-order valence-corrected chi connectivity index (χ4v) is 2.23. The highest BCUT2D eigenvalue weighted by Crippen LogP contribution is 2.25. The van der Waals surface area contributed by atoms with Crippen LogP contribution < -0.4 is 5.32 Å². The zero-order chi connectivity index (χ0) is 13.2. The molecular weight excluding hydrogens is 240 g/mol. The van der Waals surface area contributed by atoms with Gasteiger partial charge < -0.3 is 9.73 Å². The smallest absolute Gasteiger partial charge is 0.181 e. The Morgan fingerprint density at radius 3 is 3.11 bits per heavy atom. The molecular formula is C14H16N4O. The SMILES string of the molecule is CNCCc1cn(C)nc1-c1ccc2ncoc2c1. The van der Waals surface area contributed by atoms with Gasteiger partial charge in [-0.2, -0.15) is 5.10 Å². The van der Waals surface area contributed by atoms with Crippen molar-refractivity contribution in [3.05, 3.63) is 36.4 Å². The number of hydrogen-bond donors (Lipinski definition) is 1. The molecule has 0 aliphatic rings. The molecule has 3 rings (SSSR count). The summed E-state index contributed by atoms with van der Waals surface area (Å²) in [5.74, 6) is 0. The number of nitrogens with zero attached hydrogens (tertiary/aromatic N) is 3. The molecule has 0 radical (unpaired) electrons. The number of hydrogen-bond acceptors (Lipinski definition) is 4. The predicted octanol–water partition coefficient (Wildman–Crippen LogP) is 1.99. The summed E-state index contributed by atoms with van der Waals surface area (Å²) in [6, 6.07) is 5.99. The van der Waals surface area contributed by atoms with Gasteiger partial charge in [0.25, 0.3) is 0 Å². The predicted molar refractivity (Wildman–Crippen MR) is 73.8 cm³/mol. The van der Waals surface area contributed by atoms with Gasteiger partial charge in [0.1, 0.15) is 5.52 Å². The molecule has 0 bridgehead atoms. The Balaban J connectivity index is 2.04. The number of fused-ring (bicyclic) bond motifs is 1. The van der Waals surface area contributed by atoms with Gasteiger partial charge in [-0.25, -0.2) is 4.98 Å². The fourth-order valence-electron chi connectivity index (χ4n) is 2.23. The molecule has 0 atom stereocenters. The van der Waals surface area contributed by atoms with Crippen molar-refractivity contribution in [3.8, 4) is 11.3 Å². The largest absolute Gasteiger partial charge is 0.443 e. The van der Waals surface area contributed by atoms with E-state index < -0.39 is 0 Å². The number of nitrogens with one attached hydrogen (secondary N) is 1. The molecule has 0 saturated heterocycles. The third kappa shape index (κ3) is 2.24. The first kappa shape index (κ1) is 11.9. The van der Waals surface area contributed by atoms with E-state index in [1.807, 2.05) is 37.0 Å².